The lowest BCUT2D eigenvalue weighted by molar-refractivity contribution is -0.318. The molecule has 1 saturated carbocycles. The van der Waals surface area contributed by atoms with Gasteiger partial charge in [-0.25, -0.2) is 0 Å². The monoisotopic (exact) mass is 800 g/mol. The Hall–Kier alpha value is -1.81. The fourth-order valence-corrected chi connectivity index (χ4v) is 9.33. The van der Waals surface area contributed by atoms with Crippen LogP contribution in [0.1, 0.15) is 101 Å². The van der Waals surface area contributed by atoms with Crippen molar-refractivity contribution in [1.82, 2.24) is 4.90 Å². The molecule has 15 nitrogen and oxygen atoms in total. The van der Waals surface area contributed by atoms with Crippen LogP contribution in [0.5, 0.6) is 0 Å². The van der Waals surface area contributed by atoms with Crippen LogP contribution in [0, 0.1) is 40.9 Å². The number of methoxy groups -OCH3 is 2. The van der Waals surface area contributed by atoms with E-state index in [1.165, 1.54) is 14.0 Å². The van der Waals surface area contributed by atoms with Gasteiger partial charge < -0.3 is 58.6 Å². The number of ketones is 1. The van der Waals surface area contributed by atoms with E-state index in [4.69, 9.17) is 33.3 Å². The lowest BCUT2D eigenvalue weighted by Gasteiger charge is -2.50. The second-order valence-corrected chi connectivity index (χ2v) is 17.6. The molecule has 3 rings (SSSR count). The number of aliphatic hydroxyl groups excluding tert-OH is 3. The van der Waals surface area contributed by atoms with E-state index in [1.54, 1.807) is 34.8 Å². The van der Waals surface area contributed by atoms with Gasteiger partial charge in [0.1, 0.15) is 24.1 Å². The van der Waals surface area contributed by atoms with Crippen molar-refractivity contribution in [3.05, 3.63) is 0 Å². The van der Waals surface area contributed by atoms with Crippen LogP contribution in [0.4, 0.5) is 0 Å². The Balaban J connectivity index is 2.29. The summed E-state index contributed by atoms with van der Waals surface area (Å²) in [7, 11) is 6.87. The number of rotatable bonds is 10. The van der Waals surface area contributed by atoms with Crippen molar-refractivity contribution in [2.75, 3.05) is 34.9 Å². The minimum atomic E-state index is -1.73. The summed E-state index contributed by atoms with van der Waals surface area (Å²) < 4.78 is 38.6. The third kappa shape index (κ3) is 10.7. The predicted octanol–water partition coefficient (Wildman–Crippen LogP) is 3.43. The average molecular weight is 800 g/mol. The molecule has 4 N–H and O–H groups in total. The van der Waals surface area contributed by atoms with Gasteiger partial charge in [0.2, 0.25) is 6.61 Å². The van der Waals surface area contributed by atoms with Crippen molar-refractivity contribution in [2.24, 2.45) is 34.7 Å². The van der Waals surface area contributed by atoms with E-state index in [2.05, 4.69) is 5.16 Å². The van der Waals surface area contributed by atoms with E-state index < -0.39 is 95.6 Å². The fourth-order valence-electron chi connectivity index (χ4n) is 9.33. The van der Waals surface area contributed by atoms with Crippen LogP contribution in [0.25, 0.3) is 0 Å². The van der Waals surface area contributed by atoms with Crippen LogP contribution in [-0.4, -0.2) is 150 Å². The number of likely N-dealkylation sites (N-methyl/N-ethyl adjacent to an activating group) is 1. The SMILES string of the molecule is CC[C@H]1CC(=O)[C@H](C)[C@@H](O[C@H]2C[C@@](C)(OC)[C@@H](O)[C@H](C)O2)[C@H](C)[C@@H](O[C@@H]2O[C@H](C)C[C@H](N(C)C)[C@H]2O)[C@](C)(OC)C[C@@H](C)/C(=N\OCC#N)[C@H](C)[C@@H](O)[C@]1(C)O. The Kier molecular flexibility index (Phi) is 17.3. The summed E-state index contributed by atoms with van der Waals surface area (Å²) in [6.45, 7) is 17.7. The standard InChI is InChI=1S/C41H73N3O12/c1-15-28-19-30(45)24(4)34(55-31-21-39(8,50-13)36(48)27(7)54-31)26(6)37(56-38-33(46)29(44(11)12)18-23(3)53-38)40(9,51-14)20-22(2)32(43-52-17-16-42)25(5)35(47)41(28,10)49/h22-29,31,33-38,46-49H,15,17-21H2,1-14H3/b43-32+/t22-,23-,24+,25+,26+,27+,28+,29+,31+,33-,34-,35-,36+,37-,38+,39-,40-,41-/m1/s1. The first-order chi connectivity index (χ1) is 26.0. The topological polar surface area (TPSA) is 202 Å². The number of hydrogen-bond acceptors (Lipinski definition) is 15. The molecule has 18 atom stereocenters. The van der Waals surface area contributed by atoms with Crippen molar-refractivity contribution >= 4 is 11.5 Å². The molecule has 0 aromatic rings. The van der Waals surface area contributed by atoms with Crippen LogP contribution in [0.15, 0.2) is 5.16 Å². The smallest absolute Gasteiger partial charge is 0.202 e. The maximum Gasteiger partial charge on any atom is 0.202 e. The predicted molar refractivity (Wildman–Crippen MR) is 208 cm³/mol. The summed E-state index contributed by atoms with van der Waals surface area (Å²) in [5, 5.41) is 60.2. The lowest BCUT2D eigenvalue weighted by atomic mass is 9.69. The fraction of sp³-hybridized carbons (Fsp3) is 0.927. The molecule has 3 aliphatic rings. The molecule has 15 heteroatoms. The van der Waals surface area contributed by atoms with E-state index >= 15 is 0 Å². The lowest BCUT2D eigenvalue weighted by Crippen LogP contribution is -2.61. The van der Waals surface area contributed by atoms with Gasteiger partial charge in [0.05, 0.1) is 53.0 Å². The summed E-state index contributed by atoms with van der Waals surface area (Å²) in [4.78, 5) is 21.9. The maximum absolute atomic E-state index is 14.6. The van der Waals surface area contributed by atoms with Gasteiger partial charge in [0.15, 0.2) is 12.6 Å². The Labute approximate surface area is 334 Å². The first-order valence-electron chi connectivity index (χ1n) is 20.3. The zero-order chi connectivity index (χ0) is 42.5. The van der Waals surface area contributed by atoms with E-state index in [9.17, 15) is 30.5 Å². The summed E-state index contributed by atoms with van der Waals surface area (Å²) in [6, 6.07) is 1.65. The van der Waals surface area contributed by atoms with E-state index in [0.29, 0.717) is 18.6 Å². The number of nitriles is 1. The molecule has 3 fully saturated rings. The first-order valence-corrected chi connectivity index (χ1v) is 20.3. The van der Waals surface area contributed by atoms with Gasteiger partial charge in [0.25, 0.3) is 0 Å². The highest BCUT2D eigenvalue weighted by molar-refractivity contribution is 5.89. The van der Waals surface area contributed by atoms with E-state index in [-0.39, 0.29) is 43.8 Å². The molecule has 324 valence electrons. The Morgan fingerprint density at radius 3 is 2.11 bits per heavy atom. The molecule has 2 saturated heterocycles. The van der Waals surface area contributed by atoms with Crippen molar-refractivity contribution < 1.29 is 58.5 Å². The van der Waals surface area contributed by atoms with Gasteiger partial charge >= 0.3 is 0 Å². The normalized spacial score (nSPS) is 47.0. The quantitative estimate of drug-likeness (QED) is 0.185. The number of Topliss-reactive ketones (excluding diaryl/α,β-unsaturated/α-hetero) is 1. The number of carbonyl (C=O) groups is 1. The number of carbonyl (C=O) groups excluding carboxylic acids is 1. The van der Waals surface area contributed by atoms with Crippen molar-refractivity contribution in [3.63, 3.8) is 0 Å². The van der Waals surface area contributed by atoms with Crippen LogP contribution in [-0.2, 0) is 38.1 Å². The molecule has 0 unspecified atom stereocenters. The highest BCUT2D eigenvalue weighted by Gasteiger charge is 2.53. The molecular formula is C41H73N3O12. The molecule has 0 bridgehead atoms. The number of nitrogens with zero attached hydrogens (tertiary/aromatic N) is 3. The van der Waals surface area contributed by atoms with Gasteiger partial charge in [-0.3, -0.25) is 4.79 Å². The van der Waals surface area contributed by atoms with Crippen molar-refractivity contribution in [2.45, 2.75) is 179 Å². The van der Waals surface area contributed by atoms with Crippen LogP contribution in [0.3, 0.4) is 0 Å². The second-order valence-electron chi connectivity index (χ2n) is 17.6. The zero-order valence-corrected chi connectivity index (χ0v) is 36.3. The number of ether oxygens (including phenoxy) is 6. The van der Waals surface area contributed by atoms with Crippen molar-refractivity contribution in [1.29, 1.82) is 5.26 Å². The minimum Gasteiger partial charge on any atom is -0.389 e. The first kappa shape index (κ1) is 48.6. The number of aliphatic hydroxyl groups is 4. The van der Waals surface area contributed by atoms with Gasteiger partial charge in [-0.15, -0.1) is 0 Å². The molecule has 0 aromatic carbocycles. The highest BCUT2D eigenvalue weighted by atomic mass is 16.7. The molecule has 2 heterocycles. The average Bonchev–Trinajstić information content (AvgIpc) is 3.14. The molecule has 0 spiro atoms. The Bertz CT molecular complexity index is 1340. The molecular weight excluding hydrogens is 726 g/mol. The minimum absolute atomic E-state index is 0.0794. The zero-order valence-electron chi connectivity index (χ0n) is 36.3. The molecule has 56 heavy (non-hydrogen) atoms. The summed E-state index contributed by atoms with van der Waals surface area (Å²) in [5.74, 6) is -3.54. The maximum atomic E-state index is 14.6. The Morgan fingerprint density at radius 2 is 1.55 bits per heavy atom. The molecule has 0 aromatic heterocycles. The van der Waals surface area contributed by atoms with Gasteiger partial charge in [0, 0.05) is 56.8 Å². The molecule has 2 aliphatic heterocycles. The Morgan fingerprint density at radius 1 is 0.929 bits per heavy atom. The van der Waals surface area contributed by atoms with E-state index in [0.717, 1.165) is 0 Å². The van der Waals surface area contributed by atoms with Gasteiger partial charge in [-0.1, -0.05) is 46.2 Å². The third-order valence-corrected chi connectivity index (χ3v) is 13.2. The van der Waals surface area contributed by atoms with Crippen LogP contribution in [0.2, 0.25) is 0 Å². The summed E-state index contributed by atoms with van der Waals surface area (Å²) in [5.41, 5.74) is -3.54. The summed E-state index contributed by atoms with van der Waals surface area (Å²) in [6.07, 6.45) is -6.77. The number of hydrogen-bond donors (Lipinski definition) is 4. The van der Waals surface area contributed by atoms with Crippen LogP contribution >= 0.6 is 0 Å². The van der Waals surface area contributed by atoms with Crippen molar-refractivity contribution in [3.8, 4) is 6.07 Å². The van der Waals surface area contributed by atoms with Crippen LogP contribution < -0.4 is 0 Å². The van der Waals surface area contributed by atoms with Gasteiger partial charge in [-0.2, -0.15) is 5.26 Å². The second kappa shape index (κ2) is 20.0. The number of oxime groups is 1. The molecule has 0 amide bonds. The highest BCUT2D eigenvalue weighted by Crippen LogP contribution is 2.43. The summed E-state index contributed by atoms with van der Waals surface area (Å²) >= 11 is 0. The van der Waals surface area contributed by atoms with Gasteiger partial charge in [-0.05, 0) is 67.5 Å². The third-order valence-electron chi connectivity index (χ3n) is 13.2. The van der Waals surface area contributed by atoms with E-state index in [1.807, 2.05) is 59.7 Å². The molecule has 1 aliphatic carbocycles. The molecule has 0 radical (unpaired) electrons. The largest absolute Gasteiger partial charge is 0.389 e.